The molecule has 1 amide bonds. The van der Waals surface area contributed by atoms with Gasteiger partial charge >= 0.3 is 6.16 Å². The maximum atomic E-state index is 12.1. The van der Waals surface area contributed by atoms with Crippen molar-refractivity contribution in [3.63, 3.8) is 0 Å². The first-order valence-corrected chi connectivity index (χ1v) is 8.23. The summed E-state index contributed by atoms with van der Waals surface area (Å²) in [6.45, 7) is 2.27. The highest BCUT2D eigenvalue weighted by Crippen LogP contribution is 2.25. The van der Waals surface area contributed by atoms with Crippen LogP contribution in [0.5, 0.6) is 5.75 Å². The van der Waals surface area contributed by atoms with Gasteiger partial charge in [-0.15, -0.1) is 0 Å². The molecule has 0 aliphatic heterocycles. The van der Waals surface area contributed by atoms with E-state index in [1.807, 2.05) is 6.07 Å². The number of amides is 1. The van der Waals surface area contributed by atoms with E-state index < -0.39 is 6.16 Å². The Morgan fingerprint density at radius 3 is 2.38 bits per heavy atom. The second-order valence-corrected chi connectivity index (χ2v) is 6.38. The minimum absolute atomic E-state index is 0.0603. The number of hydrogen-bond acceptors (Lipinski definition) is 3. The lowest BCUT2D eigenvalue weighted by atomic mass is 9.87. The maximum absolute atomic E-state index is 12.1. The number of benzene rings is 1. The molecule has 3 N–H and O–H groups in total. The zero-order chi connectivity index (χ0) is 18.1. The van der Waals surface area contributed by atoms with Crippen LogP contribution in [0.15, 0.2) is 18.2 Å². The highest BCUT2D eigenvalue weighted by molar-refractivity contribution is 6.30. The van der Waals surface area contributed by atoms with E-state index in [1.165, 1.54) is 12.8 Å². The highest BCUT2D eigenvalue weighted by Gasteiger charge is 2.20. The van der Waals surface area contributed by atoms with Crippen LogP contribution < -0.4 is 10.1 Å². The van der Waals surface area contributed by atoms with Gasteiger partial charge in [-0.05, 0) is 43.7 Å². The smallest absolute Gasteiger partial charge is 0.496 e. The van der Waals surface area contributed by atoms with Gasteiger partial charge in [0.1, 0.15) is 5.75 Å². The molecule has 1 aliphatic rings. The van der Waals surface area contributed by atoms with Gasteiger partial charge in [0.25, 0.3) is 0 Å². The Morgan fingerprint density at radius 1 is 1.25 bits per heavy atom. The van der Waals surface area contributed by atoms with E-state index in [4.69, 9.17) is 31.3 Å². The minimum Gasteiger partial charge on any atom is -0.496 e. The van der Waals surface area contributed by atoms with Gasteiger partial charge in [-0.1, -0.05) is 24.6 Å². The lowest BCUT2D eigenvalue weighted by molar-refractivity contribution is -0.121. The third-order valence-corrected chi connectivity index (χ3v) is 4.22. The van der Waals surface area contributed by atoms with Gasteiger partial charge in [0.15, 0.2) is 0 Å². The summed E-state index contributed by atoms with van der Waals surface area (Å²) in [6.07, 6.45) is 3.09. The molecule has 7 heteroatoms. The first-order chi connectivity index (χ1) is 11.3. The average molecular weight is 358 g/mol. The fourth-order valence-corrected chi connectivity index (χ4v) is 2.88. The predicted octanol–water partition coefficient (Wildman–Crippen LogP) is 3.81. The van der Waals surface area contributed by atoms with Gasteiger partial charge in [0.05, 0.1) is 13.5 Å². The predicted molar refractivity (Wildman–Crippen MR) is 91.9 cm³/mol. The molecule has 0 radical (unpaired) electrons. The van der Waals surface area contributed by atoms with Crippen LogP contribution in [0.1, 0.15) is 38.2 Å². The molecule has 0 atom stereocenters. The third-order valence-electron chi connectivity index (χ3n) is 3.98. The average Bonchev–Trinajstić information content (AvgIpc) is 2.51. The summed E-state index contributed by atoms with van der Waals surface area (Å²) in [5.74, 6) is 1.52. The standard InChI is InChI=1S/C16H22ClNO2.CH2O3/c1-11-3-7-14(8-4-11)18-16(19)9-12-5-6-13(17)10-15(12)20-2;2-1(3)4/h5-6,10-11,14H,3-4,7-9H2,1-2H3,(H,18,19);(H2,2,3,4). The van der Waals surface area contributed by atoms with Crippen molar-refractivity contribution in [1.82, 2.24) is 5.32 Å². The number of carbonyl (C=O) groups is 2. The molecule has 134 valence electrons. The minimum atomic E-state index is -1.83. The molecular formula is C17H24ClNO5. The molecular weight excluding hydrogens is 334 g/mol. The Morgan fingerprint density at radius 2 is 1.83 bits per heavy atom. The largest absolute Gasteiger partial charge is 0.503 e. The van der Waals surface area contributed by atoms with Gasteiger partial charge in [-0.3, -0.25) is 4.79 Å². The number of methoxy groups -OCH3 is 1. The zero-order valence-corrected chi connectivity index (χ0v) is 14.7. The molecule has 0 saturated heterocycles. The Labute approximate surface area is 146 Å². The van der Waals surface area contributed by atoms with Crippen molar-refractivity contribution in [2.45, 2.75) is 45.1 Å². The van der Waals surface area contributed by atoms with Crippen molar-refractivity contribution in [2.75, 3.05) is 7.11 Å². The fraction of sp³-hybridized carbons (Fsp3) is 0.529. The van der Waals surface area contributed by atoms with Crippen molar-refractivity contribution in [3.05, 3.63) is 28.8 Å². The van der Waals surface area contributed by atoms with Gasteiger partial charge < -0.3 is 20.3 Å². The van der Waals surface area contributed by atoms with Gasteiger partial charge in [0.2, 0.25) is 5.91 Å². The number of carbonyl (C=O) groups excluding carboxylic acids is 1. The number of carboxylic acid groups (broad SMARTS) is 2. The first-order valence-electron chi connectivity index (χ1n) is 7.85. The highest BCUT2D eigenvalue weighted by atomic mass is 35.5. The van der Waals surface area contributed by atoms with Crippen LogP contribution in [0.25, 0.3) is 0 Å². The van der Waals surface area contributed by atoms with Crippen molar-refractivity contribution < 1.29 is 24.5 Å². The van der Waals surface area contributed by atoms with Crippen LogP contribution in [0.4, 0.5) is 4.79 Å². The number of hydrogen-bond donors (Lipinski definition) is 3. The molecule has 0 bridgehead atoms. The summed E-state index contributed by atoms with van der Waals surface area (Å²) < 4.78 is 5.27. The van der Waals surface area contributed by atoms with Crippen LogP contribution in [-0.4, -0.2) is 35.4 Å². The summed E-state index contributed by atoms with van der Waals surface area (Å²) in [4.78, 5) is 20.7. The fourth-order valence-electron chi connectivity index (χ4n) is 2.72. The van der Waals surface area contributed by atoms with E-state index in [1.54, 1.807) is 19.2 Å². The van der Waals surface area contributed by atoms with E-state index in [2.05, 4.69) is 12.2 Å². The van der Waals surface area contributed by atoms with Gasteiger partial charge in [0, 0.05) is 16.6 Å². The summed E-state index contributed by atoms with van der Waals surface area (Å²) in [7, 11) is 1.59. The molecule has 1 aromatic rings. The molecule has 0 heterocycles. The summed E-state index contributed by atoms with van der Waals surface area (Å²) in [5, 5.41) is 17.7. The molecule has 2 rings (SSSR count). The van der Waals surface area contributed by atoms with E-state index in [0.29, 0.717) is 23.2 Å². The van der Waals surface area contributed by atoms with Crippen molar-refractivity contribution in [3.8, 4) is 5.75 Å². The Kier molecular flexibility index (Phi) is 8.40. The van der Waals surface area contributed by atoms with Crippen LogP contribution in [0, 0.1) is 5.92 Å². The Bertz CT molecular complexity index is 552. The molecule has 0 unspecified atom stereocenters. The van der Waals surface area contributed by atoms with E-state index in [0.717, 1.165) is 24.3 Å². The first kappa shape index (κ1) is 20.1. The molecule has 1 aromatic carbocycles. The quantitative estimate of drug-likeness (QED) is 0.761. The lowest BCUT2D eigenvalue weighted by Gasteiger charge is -2.27. The van der Waals surface area contributed by atoms with Gasteiger partial charge in [-0.2, -0.15) is 0 Å². The number of rotatable bonds is 4. The molecule has 1 fully saturated rings. The third kappa shape index (κ3) is 7.55. The molecule has 0 aromatic heterocycles. The molecule has 6 nitrogen and oxygen atoms in total. The SMILES string of the molecule is COc1cc(Cl)ccc1CC(=O)NC1CCC(C)CC1.O=C(O)O. The van der Waals surface area contributed by atoms with Crippen molar-refractivity contribution in [2.24, 2.45) is 5.92 Å². The van der Waals surface area contributed by atoms with E-state index >= 15 is 0 Å². The van der Waals surface area contributed by atoms with E-state index in [-0.39, 0.29) is 5.91 Å². The van der Waals surface area contributed by atoms with Gasteiger partial charge in [-0.25, -0.2) is 4.79 Å². The zero-order valence-electron chi connectivity index (χ0n) is 13.9. The normalized spacial score (nSPS) is 19.6. The lowest BCUT2D eigenvalue weighted by Crippen LogP contribution is -2.38. The summed E-state index contributed by atoms with van der Waals surface area (Å²) in [5.41, 5.74) is 0.874. The number of ether oxygens (including phenoxy) is 1. The van der Waals surface area contributed by atoms with E-state index in [9.17, 15) is 4.79 Å². The Balaban J connectivity index is 0.000000648. The second kappa shape index (κ2) is 10.0. The molecule has 0 spiro atoms. The van der Waals surface area contributed by atoms with Crippen LogP contribution >= 0.6 is 11.6 Å². The number of halogens is 1. The molecule has 1 saturated carbocycles. The number of nitrogens with one attached hydrogen (secondary N) is 1. The monoisotopic (exact) mass is 357 g/mol. The maximum Gasteiger partial charge on any atom is 0.503 e. The van der Waals surface area contributed by atoms with Crippen molar-refractivity contribution >= 4 is 23.7 Å². The van der Waals surface area contributed by atoms with Crippen LogP contribution in [0.2, 0.25) is 5.02 Å². The Hall–Kier alpha value is -1.95. The topological polar surface area (TPSA) is 95.9 Å². The van der Waals surface area contributed by atoms with Crippen LogP contribution in [-0.2, 0) is 11.2 Å². The van der Waals surface area contributed by atoms with Crippen molar-refractivity contribution in [1.29, 1.82) is 0 Å². The summed E-state index contributed by atoms with van der Waals surface area (Å²) >= 11 is 5.92. The summed E-state index contributed by atoms with van der Waals surface area (Å²) in [6, 6.07) is 5.71. The molecule has 1 aliphatic carbocycles. The van der Waals surface area contributed by atoms with Crippen LogP contribution in [0.3, 0.4) is 0 Å². The molecule has 24 heavy (non-hydrogen) atoms. The second-order valence-electron chi connectivity index (χ2n) is 5.94.